The summed E-state index contributed by atoms with van der Waals surface area (Å²) in [6.07, 6.45) is 0. The second-order valence-electron chi connectivity index (χ2n) is 3.71. The maximum atomic E-state index is 13.7. The molecule has 0 radical (unpaired) electrons. The van der Waals surface area contributed by atoms with Crippen molar-refractivity contribution in [3.63, 3.8) is 0 Å². The minimum absolute atomic E-state index is 0.261. The lowest BCUT2D eigenvalue weighted by atomic mass is 10.0. The highest BCUT2D eigenvalue weighted by Crippen LogP contribution is 2.26. The maximum Gasteiger partial charge on any atom is 0.134 e. The highest BCUT2D eigenvalue weighted by molar-refractivity contribution is 5.65. The zero-order valence-corrected chi connectivity index (χ0v) is 9.33. The van der Waals surface area contributed by atoms with Crippen LogP contribution in [0, 0.1) is 12.7 Å². The summed E-state index contributed by atoms with van der Waals surface area (Å²) in [7, 11) is 1.53. The van der Waals surface area contributed by atoms with Gasteiger partial charge in [0, 0.05) is 11.6 Å². The van der Waals surface area contributed by atoms with Gasteiger partial charge in [-0.3, -0.25) is 0 Å². The van der Waals surface area contributed by atoms with Crippen molar-refractivity contribution < 1.29 is 9.13 Å². The predicted octanol–water partition coefficient (Wildman–Crippen LogP) is 3.81. The molecule has 0 aromatic heterocycles. The van der Waals surface area contributed by atoms with Crippen molar-refractivity contribution in [1.82, 2.24) is 0 Å². The van der Waals surface area contributed by atoms with Crippen LogP contribution in [-0.4, -0.2) is 7.11 Å². The van der Waals surface area contributed by atoms with Crippen molar-refractivity contribution in [2.75, 3.05) is 7.11 Å². The molecule has 16 heavy (non-hydrogen) atoms. The lowest BCUT2D eigenvalue weighted by Gasteiger charge is -2.06. The molecule has 2 rings (SSSR count). The van der Waals surface area contributed by atoms with Gasteiger partial charge in [0.05, 0.1) is 7.11 Å². The van der Waals surface area contributed by atoms with E-state index in [1.165, 1.54) is 13.2 Å². The molecule has 82 valence electrons. The average Bonchev–Trinajstić information content (AvgIpc) is 2.30. The van der Waals surface area contributed by atoms with E-state index in [4.69, 9.17) is 4.74 Å². The molecule has 0 saturated carbocycles. The first kappa shape index (κ1) is 10.7. The van der Waals surface area contributed by atoms with Crippen molar-refractivity contribution >= 4 is 0 Å². The molecule has 0 aliphatic carbocycles. The van der Waals surface area contributed by atoms with Gasteiger partial charge in [-0.25, -0.2) is 4.39 Å². The highest BCUT2D eigenvalue weighted by Gasteiger charge is 2.05. The lowest BCUT2D eigenvalue weighted by molar-refractivity contribution is 0.411. The number of hydrogen-bond acceptors (Lipinski definition) is 1. The van der Waals surface area contributed by atoms with Gasteiger partial charge in [-0.2, -0.15) is 0 Å². The standard InChI is InChI=1S/C14H13FO/c1-10-3-5-11(6-4-10)13-8-7-12(16-2)9-14(13)15/h3-9H,1-2H3. The van der Waals surface area contributed by atoms with E-state index in [1.807, 2.05) is 31.2 Å². The number of methoxy groups -OCH3 is 1. The van der Waals surface area contributed by atoms with E-state index in [-0.39, 0.29) is 5.82 Å². The van der Waals surface area contributed by atoms with Crippen LogP contribution in [0.4, 0.5) is 4.39 Å². The van der Waals surface area contributed by atoms with E-state index in [0.717, 1.165) is 11.1 Å². The van der Waals surface area contributed by atoms with E-state index < -0.39 is 0 Å². The molecule has 0 aliphatic rings. The van der Waals surface area contributed by atoms with Crippen molar-refractivity contribution in [2.24, 2.45) is 0 Å². The van der Waals surface area contributed by atoms with Crippen LogP contribution in [0.5, 0.6) is 5.75 Å². The van der Waals surface area contributed by atoms with Crippen LogP contribution in [0.2, 0.25) is 0 Å². The summed E-state index contributed by atoms with van der Waals surface area (Å²) < 4.78 is 18.7. The largest absolute Gasteiger partial charge is 0.497 e. The Morgan fingerprint density at radius 1 is 1.00 bits per heavy atom. The monoisotopic (exact) mass is 216 g/mol. The normalized spacial score (nSPS) is 10.2. The first-order valence-electron chi connectivity index (χ1n) is 5.11. The molecule has 0 bridgehead atoms. The fraction of sp³-hybridized carbons (Fsp3) is 0.143. The van der Waals surface area contributed by atoms with E-state index in [9.17, 15) is 4.39 Å². The van der Waals surface area contributed by atoms with Crippen LogP contribution >= 0.6 is 0 Å². The second-order valence-corrected chi connectivity index (χ2v) is 3.71. The average molecular weight is 216 g/mol. The Bertz CT molecular complexity index is 489. The lowest BCUT2D eigenvalue weighted by Crippen LogP contribution is -1.88. The van der Waals surface area contributed by atoms with Gasteiger partial charge in [0.2, 0.25) is 0 Å². The van der Waals surface area contributed by atoms with Crippen LogP contribution < -0.4 is 4.74 Å². The van der Waals surface area contributed by atoms with Gasteiger partial charge in [-0.1, -0.05) is 29.8 Å². The molecule has 0 saturated heterocycles. The van der Waals surface area contributed by atoms with Crippen LogP contribution in [0.1, 0.15) is 5.56 Å². The van der Waals surface area contributed by atoms with Crippen molar-refractivity contribution in [3.8, 4) is 16.9 Å². The van der Waals surface area contributed by atoms with Crippen molar-refractivity contribution in [1.29, 1.82) is 0 Å². The first-order valence-corrected chi connectivity index (χ1v) is 5.11. The number of hydrogen-bond donors (Lipinski definition) is 0. The van der Waals surface area contributed by atoms with Gasteiger partial charge < -0.3 is 4.74 Å². The highest BCUT2D eigenvalue weighted by atomic mass is 19.1. The third kappa shape index (κ3) is 2.06. The Kier molecular flexibility index (Phi) is 2.91. The Hall–Kier alpha value is -1.83. The van der Waals surface area contributed by atoms with Gasteiger partial charge in [0.1, 0.15) is 11.6 Å². The maximum absolute atomic E-state index is 13.7. The predicted molar refractivity (Wildman–Crippen MR) is 63.1 cm³/mol. The molecule has 0 unspecified atom stereocenters. The quantitative estimate of drug-likeness (QED) is 0.741. The van der Waals surface area contributed by atoms with Crippen molar-refractivity contribution in [3.05, 3.63) is 53.8 Å². The fourth-order valence-electron chi connectivity index (χ4n) is 1.59. The minimum Gasteiger partial charge on any atom is -0.497 e. The molecule has 0 N–H and O–H groups in total. The Morgan fingerprint density at radius 2 is 1.69 bits per heavy atom. The van der Waals surface area contributed by atoms with E-state index in [2.05, 4.69) is 0 Å². The van der Waals surface area contributed by atoms with Crippen molar-refractivity contribution in [2.45, 2.75) is 6.92 Å². The Morgan fingerprint density at radius 3 is 2.25 bits per heavy atom. The molecule has 1 nitrogen and oxygen atoms in total. The van der Waals surface area contributed by atoms with Gasteiger partial charge in [0.25, 0.3) is 0 Å². The molecule has 0 fully saturated rings. The van der Waals surface area contributed by atoms with Crippen LogP contribution in [-0.2, 0) is 0 Å². The second kappa shape index (κ2) is 4.35. The van der Waals surface area contributed by atoms with Crippen LogP contribution in [0.25, 0.3) is 11.1 Å². The third-order valence-electron chi connectivity index (χ3n) is 2.54. The topological polar surface area (TPSA) is 9.23 Å². The van der Waals surface area contributed by atoms with Gasteiger partial charge in [-0.05, 0) is 24.6 Å². The molecule has 2 aromatic carbocycles. The summed E-state index contributed by atoms with van der Waals surface area (Å²) in [5.41, 5.74) is 2.64. The summed E-state index contributed by atoms with van der Waals surface area (Å²) in [6, 6.07) is 12.7. The van der Waals surface area contributed by atoms with Crippen LogP contribution in [0.3, 0.4) is 0 Å². The van der Waals surface area contributed by atoms with E-state index in [1.54, 1.807) is 12.1 Å². The molecule has 0 aliphatic heterocycles. The molecule has 0 spiro atoms. The number of aryl methyl sites for hydroxylation is 1. The summed E-state index contributed by atoms with van der Waals surface area (Å²) in [5, 5.41) is 0. The molecule has 2 aromatic rings. The minimum atomic E-state index is -0.261. The summed E-state index contributed by atoms with van der Waals surface area (Å²) in [6.45, 7) is 2.01. The molecular formula is C14H13FO. The molecule has 0 heterocycles. The molecule has 0 atom stereocenters. The molecule has 0 amide bonds. The summed E-state index contributed by atoms with van der Waals surface area (Å²) in [4.78, 5) is 0. The number of ether oxygens (including phenoxy) is 1. The van der Waals surface area contributed by atoms with Gasteiger partial charge in [-0.15, -0.1) is 0 Å². The number of benzene rings is 2. The molecule has 2 heteroatoms. The third-order valence-corrected chi connectivity index (χ3v) is 2.54. The van der Waals surface area contributed by atoms with Crippen LogP contribution in [0.15, 0.2) is 42.5 Å². The van der Waals surface area contributed by atoms with E-state index >= 15 is 0 Å². The zero-order valence-electron chi connectivity index (χ0n) is 9.33. The summed E-state index contributed by atoms with van der Waals surface area (Å²) in [5.74, 6) is 0.275. The Balaban J connectivity index is 2.44. The molecular weight excluding hydrogens is 203 g/mol. The fourth-order valence-corrected chi connectivity index (χ4v) is 1.59. The van der Waals surface area contributed by atoms with Gasteiger partial charge in [0.15, 0.2) is 0 Å². The Labute approximate surface area is 94.5 Å². The first-order chi connectivity index (χ1) is 7.70. The smallest absolute Gasteiger partial charge is 0.134 e. The zero-order chi connectivity index (χ0) is 11.5. The number of halogens is 1. The summed E-state index contributed by atoms with van der Waals surface area (Å²) >= 11 is 0. The number of rotatable bonds is 2. The van der Waals surface area contributed by atoms with E-state index in [0.29, 0.717) is 11.3 Å². The SMILES string of the molecule is COc1ccc(-c2ccc(C)cc2)c(F)c1. The van der Waals surface area contributed by atoms with Gasteiger partial charge >= 0.3 is 0 Å².